The number of hydrogen-bond acceptors (Lipinski definition) is 4. The Bertz CT molecular complexity index is 558. The van der Waals surface area contributed by atoms with Crippen LogP contribution in [-0.2, 0) is 11.3 Å². The molecule has 1 aromatic heterocycles. The monoisotopic (exact) mass is 271 g/mol. The molecule has 0 saturated carbocycles. The third-order valence-corrected chi connectivity index (χ3v) is 2.70. The number of hydrogen-bond donors (Lipinski definition) is 2. The zero-order valence-electron chi connectivity index (χ0n) is 11.3. The first-order valence-corrected chi connectivity index (χ1v) is 6.33. The average molecular weight is 271 g/mol. The van der Waals surface area contributed by atoms with Crippen LogP contribution in [0.5, 0.6) is 5.88 Å². The fourth-order valence-electron chi connectivity index (χ4n) is 1.78. The number of methoxy groups -OCH3 is 1. The quantitative estimate of drug-likeness (QED) is 0.841. The van der Waals surface area contributed by atoms with Crippen LogP contribution < -0.4 is 15.4 Å². The normalized spacial score (nSPS) is 10.1. The predicted molar refractivity (Wildman–Crippen MR) is 77.6 cm³/mol. The van der Waals surface area contributed by atoms with Gasteiger partial charge in [-0.25, -0.2) is 4.98 Å². The maximum atomic E-state index is 11.7. The van der Waals surface area contributed by atoms with Gasteiger partial charge >= 0.3 is 0 Å². The van der Waals surface area contributed by atoms with Crippen LogP contribution in [0.4, 0.5) is 5.69 Å². The van der Waals surface area contributed by atoms with Gasteiger partial charge in [0, 0.05) is 24.0 Å². The Labute approximate surface area is 118 Å². The number of nitrogens with zero attached hydrogens (tertiary/aromatic N) is 1. The highest BCUT2D eigenvalue weighted by atomic mass is 16.5. The lowest BCUT2D eigenvalue weighted by Gasteiger charge is -2.09. The van der Waals surface area contributed by atoms with Gasteiger partial charge in [-0.3, -0.25) is 4.79 Å². The average Bonchev–Trinajstić information content (AvgIpc) is 2.49. The summed E-state index contributed by atoms with van der Waals surface area (Å²) < 4.78 is 5.15. The minimum absolute atomic E-state index is 0.0842. The zero-order valence-corrected chi connectivity index (χ0v) is 11.3. The highest BCUT2D eigenvalue weighted by molar-refractivity contribution is 5.92. The number of nitrogens with one attached hydrogen (secondary N) is 2. The fraction of sp³-hybridized carbons (Fsp3) is 0.200. The van der Waals surface area contributed by atoms with Gasteiger partial charge in [0.2, 0.25) is 11.8 Å². The molecule has 2 rings (SSSR count). The van der Waals surface area contributed by atoms with Crippen molar-refractivity contribution in [2.24, 2.45) is 0 Å². The molecule has 1 aromatic carbocycles. The predicted octanol–water partition coefficient (Wildman–Crippen LogP) is 1.82. The van der Waals surface area contributed by atoms with Gasteiger partial charge < -0.3 is 15.4 Å². The van der Waals surface area contributed by atoms with E-state index in [4.69, 9.17) is 4.74 Å². The molecule has 104 valence electrons. The summed E-state index contributed by atoms with van der Waals surface area (Å²) in [6.07, 6.45) is 1.67. The minimum atomic E-state index is -0.0842. The molecule has 2 aromatic rings. The van der Waals surface area contributed by atoms with Crippen LogP contribution in [-0.4, -0.2) is 24.5 Å². The number of rotatable bonds is 6. The molecule has 1 heterocycles. The number of anilines is 1. The van der Waals surface area contributed by atoms with E-state index in [1.165, 1.54) is 0 Å². The van der Waals surface area contributed by atoms with Crippen LogP contribution >= 0.6 is 0 Å². The molecule has 0 aliphatic heterocycles. The Kier molecular flexibility index (Phi) is 5.08. The summed E-state index contributed by atoms with van der Waals surface area (Å²) in [6.45, 7) is 0.756. The maximum absolute atomic E-state index is 11.7. The van der Waals surface area contributed by atoms with E-state index in [0.29, 0.717) is 12.4 Å². The molecule has 0 aliphatic carbocycles. The van der Waals surface area contributed by atoms with Gasteiger partial charge in [0.05, 0.1) is 13.7 Å². The highest BCUT2D eigenvalue weighted by Gasteiger charge is 2.05. The van der Waals surface area contributed by atoms with E-state index >= 15 is 0 Å². The molecule has 0 aliphatic rings. The first-order chi connectivity index (χ1) is 9.79. The molecule has 0 saturated heterocycles. The summed E-state index contributed by atoms with van der Waals surface area (Å²) in [6, 6.07) is 13.1. The van der Waals surface area contributed by atoms with Crippen molar-refractivity contribution in [3.8, 4) is 5.88 Å². The summed E-state index contributed by atoms with van der Waals surface area (Å²) >= 11 is 0. The van der Waals surface area contributed by atoms with Gasteiger partial charge in [0.15, 0.2) is 0 Å². The van der Waals surface area contributed by atoms with Gasteiger partial charge in [-0.2, -0.15) is 0 Å². The number of pyridine rings is 1. The summed E-state index contributed by atoms with van der Waals surface area (Å²) in [4.78, 5) is 15.8. The molecular formula is C15H17N3O2. The number of benzene rings is 1. The van der Waals surface area contributed by atoms with Crippen molar-refractivity contribution < 1.29 is 9.53 Å². The SMILES string of the molecule is COc1ncccc1CNCC(=O)Nc1ccccc1. The second kappa shape index (κ2) is 7.25. The van der Waals surface area contributed by atoms with Gasteiger partial charge in [-0.15, -0.1) is 0 Å². The van der Waals surface area contributed by atoms with Crippen molar-refractivity contribution in [1.82, 2.24) is 10.3 Å². The molecule has 0 spiro atoms. The second-order valence-electron chi connectivity index (χ2n) is 4.19. The van der Waals surface area contributed by atoms with Gasteiger partial charge in [-0.1, -0.05) is 24.3 Å². The Hall–Kier alpha value is -2.40. The first kappa shape index (κ1) is 14.0. The van der Waals surface area contributed by atoms with E-state index in [-0.39, 0.29) is 12.5 Å². The van der Waals surface area contributed by atoms with Crippen molar-refractivity contribution in [2.45, 2.75) is 6.54 Å². The molecule has 1 amide bonds. The van der Waals surface area contributed by atoms with Crippen molar-refractivity contribution in [3.05, 3.63) is 54.2 Å². The minimum Gasteiger partial charge on any atom is -0.481 e. The molecule has 5 heteroatoms. The van der Waals surface area contributed by atoms with Gasteiger partial charge in [-0.05, 0) is 18.2 Å². The third-order valence-electron chi connectivity index (χ3n) is 2.70. The number of para-hydroxylation sites is 1. The van der Waals surface area contributed by atoms with E-state index in [9.17, 15) is 4.79 Å². The Morgan fingerprint density at radius 1 is 1.20 bits per heavy atom. The maximum Gasteiger partial charge on any atom is 0.238 e. The standard InChI is InChI=1S/C15H17N3O2/c1-20-15-12(6-5-9-17-15)10-16-11-14(19)18-13-7-3-2-4-8-13/h2-9,16H,10-11H2,1H3,(H,18,19). The summed E-state index contributed by atoms with van der Waals surface area (Å²) in [7, 11) is 1.58. The lowest BCUT2D eigenvalue weighted by atomic mass is 10.2. The number of amides is 1. The molecule has 0 radical (unpaired) electrons. The topological polar surface area (TPSA) is 63.2 Å². The molecular weight excluding hydrogens is 254 g/mol. The van der Waals surface area contributed by atoms with Crippen LogP contribution in [0.15, 0.2) is 48.7 Å². The third kappa shape index (κ3) is 4.07. The van der Waals surface area contributed by atoms with E-state index in [0.717, 1.165) is 11.3 Å². The fourth-order valence-corrected chi connectivity index (χ4v) is 1.78. The largest absolute Gasteiger partial charge is 0.481 e. The molecule has 0 bridgehead atoms. The van der Waals surface area contributed by atoms with Crippen LogP contribution in [0.1, 0.15) is 5.56 Å². The van der Waals surface area contributed by atoms with Gasteiger partial charge in [0.25, 0.3) is 0 Å². The van der Waals surface area contributed by atoms with Crippen LogP contribution in [0.25, 0.3) is 0 Å². The second-order valence-corrected chi connectivity index (χ2v) is 4.19. The Morgan fingerprint density at radius 3 is 2.75 bits per heavy atom. The molecule has 0 atom stereocenters. The number of carbonyl (C=O) groups is 1. The number of aromatic nitrogens is 1. The smallest absolute Gasteiger partial charge is 0.238 e. The number of ether oxygens (including phenoxy) is 1. The highest BCUT2D eigenvalue weighted by Crippen LogP contribution is 2.12. The zero-order chi connectivity index (χ0) is 14.2. The molecule has 5 nitrogen and oxygen atoms in total. The van der Waals surface area contributed by atoms with Crippen LogP contribution in [0.3, 0.4) is 0 Å². The lowest BCUT2D eigenvalue weighted by Crippen LogP contribution is -2.27. The van der Waals surface area contributed by atoms with E-state index in [1.54, 1.807) is 13.3 Å². The number of carbonyl (C=O) groups excluding carboxylic acids is 1. The lowest BCUT2D eigenvalue weighted by molar-refractivity contribution is -0.115. The first-order valence-electron chi connectivity index (χ1n) is 6.33. The van der Waals surface area contributed by atoms with Crippen molar-refractivity contribution >= 4 is 11.6 Å². The Morgan fingerprint density at radius 2 is 2.00 bits per heavy atom. The Balaban J connectivity index is 1.79. The van der Waals surface area contributed by atoms with E-state index < -0.39 is 0 Å². The van der Waals surface area contributed by atoms with E-state index in [2.05, 4.69) is 15.6 Å². The summed E-state index contributed by atoms with van der Waals surface area (Å²) in [5, 5.41) is 5.87. The molecule has 20 heavy (non-hydrogen) atoms. The molecule has 2 N–H and O–H groups in total. The van der Waals surface area contributed by atoms with Crippen LogP contribution in [0, 0.1) is 0 Å². The summed E-state index contributed by atoms with van der Waals surface area (Å²) in [5.41, 5.74) is 1.71. The van der Waals surface area contributed by atoms with E-state index in [1.807, 2.05) is 42.5 Å². The van der Waals surface area contributed by atoms with Crippen molar-refractivity contribution in [2.75, 3.05) is 19.0 Å². The molecule has 0 fully saturated rings. The van der Waals surface area contributed by atoms with Crippen LogP contribution in [0.2, 0.25) is 0 Å². The van der Waals surface area contributed by atoms with Crippen molar-refractivity contribution in [3.63, 3.8) is 0 Å². The van der Waals surface area contributed by atoms with Gasteiger partial charge in [0.1, 0.15) is 0 Å². The van der Waals surface area contributed by atoms with Crippen molar-refractivity contribution in [1.29, 1.82) is 0 Å². The molecule has 0 unspecified atom stereocenters. The summed E-state index contributed by atoms with van der Waals surface area (Å²) in [5.74, 6) is 0.488.